The molecule has 8 heteroatoms. The van der Waals surface area contributed by atoms with Crippen LogP contribution in [-0.2, 0) is 16.6 Å². The van der Waals surface area contributed by atoms with Crippen molar-refractivity contribution in [1.29, 1.82) is 0 Å². The Morgan fingerprint density at radius 1 is 1.27 bits per heavy atom. The Kier molecular flexibility index (Phi) is 4.67. The standard InChI is InChI=1S/C18H23N5O3/c1-11(2)26-18(25)22-9-12(3)23(13(4)24)16-7-6-14(8-17(16)22)15-10-21(5)20-19-15/h6-8,10-12H,9H2,1-5H3/t12-/m0/s1. The van der Waals surface area contributed by atoms with Gasteiger partial charge in [-0.05, 0) is 32.9 Å². The van der Waals surface area contributed by atoms with Gasteiger partial charge in [0.25, 0.3) is 0 Å². The van der Waals surface area contributed by atoms with Gasteiger partial charge in [0.1, 0.15) is 5.69 Å². The predicted molar refractivity (Wildman–Crippen MR) is 98.0 cm³/mol. The number of ether oxygens (including phenoxy) is 1. The molecule has 26 heavy (non-hydrogen) atoms. The van der Waals surface area contributed by atoms with E-state index in [1.54, 1.807) is 27.7 Å². The van der Waals surface area contributed by atoms with Crippen molar-refractivity contribution in [3.8, 4) is 11.3 Å². The van der Waals surface area contributed by atoms with Gasteiger partial charge in [0.2, 0.25) is 5.91 Å². The molecule has 0 saturated carbocycles. The van der Waals surface area contributed by atoms with Crippen LogP contribution in [0.5, 0.6) is 0 Å². The molecule has 3 rings (SSSR count). The summed E-state index contributed by atoms with van der Waals surface area (Å²) in [6, 6.07) is 5.42. The van der Waals surface area contributed by atoms with Crippen LogP contribution in [0.4, 0.5) is 16.2 Å². The Morgan fingerprint density at radius 2 is 2.00 bits per heavy atom. The van der Waals surface area contributed by atoms with Crippen LogP contribution < -0.4 is 9.80 Å². The first-order valence-corrected chi connectivity index (χ1v) is 8.56. The van der Waals surface area contributed by atoms with Gasteiger partial charge in [0.05, 0.1) is 29.7 Å². The summed E-state index contributed by atoms with van der Waals surface area (Å²) in [7, 11) is 1.79. The molecule has 0 unspecified atom stereocenters. The van der Waals surface area contributed by atoms with E-state index in [4.69, 9.17) is 4.74 Å². The summed E-state index contributed by atoms with van der Waals surface area (Å²) in [5.74, 6) is -0.0668. The normalized spacial score (nSPS) is 16.6. The van der Waals surface area contributed by atoms with E-state index in [1.807, 2.05) is 39.0 Å². The zero-order valence-corrected chi connectivity index (χ0v) is 15.6. The molecule has 0 fully saturated rings. The van der Waals surface area contributed by atoms with Crippen LogP contribution in [0, 0.1) is 0 Å². The molecule has 1 aliphatic rings. The third kappa shape index (κ3) is 3.26. The van der Waals surface area contributed by atoms with Gasteiger partial charge in [-0.15, -0.1) is 5.10 Å². The van der Waals surface area contributed by atoms with Crippen molar-refractivity contribution in [2.75, 3.05) is 16.3 Å². The minimum Gasteiger partial charge on any atom is -0.446 e. The molecule has 8 nitrogen and oxygen atoms in total. The van der Waals surface area contributed by atoms with Crippen molar-refractivity contribution in [2.24, 2.45) is 7.05 Å². The molecule has 1 aromatic carbocycles. The molecule has 0 N–H and O–H groups in total. The lowest BCUT2D eigenvalue weighted by atomic mass is 10.0. The molecule has 0 aliphatic carbocycles. The lowest BCUT2D eigenvalue weighted by Gasteiger charge is -2.40. The molecule has 0 saturated heterocycles. The molecule has 0 radical (unpaired) electrons. The summed E-state index contributed by atoms with van der Waals surface area (Å²) in [6.45, 7) is 7.42. The SMILES string of the molecule is CC(=O)N1c2ccc(-c3cn(C)nn3)cc2N(C(=O)OC(C)C)C[C@@H]1C. The van der Waals surface area contributed by atoms with E-state index in [-0.39, 0.29) is 18.1 Å². The van der Waals surface area contributed by atoms with Crippen molar-refractivity contribution < 1.29 is 14.3 Å². The van der Waals surface area contributed by atoms with Crippen LogP contribution in [-0.4, -0.2) is 45.7 Å². The van der Waals surface area contributed by atoms with Gasteiger partial charge in [-0.2, -0.15) is 0 Å². The van der Waals surface area contributed by atoms with Crippen molar-refractivity contribution in [3.05, 3.63) is 24.4 Å². The fourth-order valence-electron chi connectivity index (χ4n) is 3.18. The summed E-state index contributed by atoms with van der Waals surface area (Å²) < 4.78 is 7.01. The Balaban J connectivity index is 2.09. The smallest absolute Gasteiger partial charge is 0.414 e. The third-order valence-corrected chi connectivity index (χ3v) is 4.21. The molecule has 0 spiro atoms. The van der Waals surface area contributed by atoms with Gasteiger partial charge in [-0.25, -0.2) is 4.79 Å². The quantitative estimate of drug-likeness (QED) is 0.825. The number of carbonyl (C=O) groups excluding carboxylic acids is 2. The highest BCUT2D eigenvalue weighted by Gasteiger charge is 2.34. The third-order valence-electron chi connectivity index (χ3n) is 4.21. The molecule has 0 bridgehead atoms. The van der Waals surface area contributed by atoms with Gasteiger partial charge in [-0.1, -0.05) is 11.3 Å². The molecule has 138 valence electrons. The minimum absolute atomic E-state index is 0.0668. The zero-order valence-electron chi connectivity index (χ0n) is 15.6. The lowest BCUT2D eigenvalue weighted by Crippen LogP contribution is -2.51. The van der Waals surface area contributed by atoms with Crippen LogP contribution >= 0.6 is 0 Å². The van der Waals surface area contributed by atoms with E-state index < -0.39 is 6.09 Å². The number of aromatic nitrogens is 3. The number of carbonyl (C=O) groups is 2. The number of hydrogen-bond acceptors (Lipinski definition) is 5. The number of benzene rings is 1. The van der Waals surface area contributed by atoms with E-state index in [0.29, 0.717) is 23.6 Å². The van der Waals surface area contributed by atoms with Crippen LogP contribution in [0.3, 0.4) is 0 Å². The molecule has 1 aromatic heterocycles. The van der Waals surface area contributed by atoms with Gasteiger partial charge in [0.15, 0.2) is 0 Å². The zero-order chi connectivity index (χ0) is 19.0. The number of aryl methyl sites for hydroxylation is 1. The molecule has 2 amide bonds. The number of rotatable bonds is 2. The van der Waals surface area contributed by atoms with E-state index >= 15 is 0 Å². The number of amides is 2. The van der Waals surface area contributed by atoms with E-state index in [0.717, 1.165) is 5.56 Å². The van der Waals surface area contributed by atoms with Crippen molar-refractivity contribution in [2.45, 2.75) is 39.8 Å². The van der Waals surface area contributed by atoms with Crippen LogP contribution in [0.25, 0.3) is 11.3 Å². The second-order valence-electron chi connectivity index (χ2n) is 6.76. The highest BCUT2D eigenvalue weighted by molar-refractivity contribution is 6.03. The van der Waals surface area contributed by atoms with Crippen LogP contribution in [0.1, 0.15) is 27.7 Å². The van der Waals surface area contributed by atoms with Crippen molar-refractivity contribution >= 4 is 23.4 Å². The lowest BCUT2D eigenvalue weighted by molar-refractivity contribution is -0.117. The second-order valence-corrected chi connectivity index (χ2v) is 6.76. The molecule has 1 atom stereocenters. The Morgan fingerprint density at radius 3 is 2.58 bits per heavy atom. The van der Waals surface area contributed by atoms with E-state index in [1.165, 1.54) is 6.92 Å². The highest BCUT2D eigenvalue weighted by Crippen LogP contribution is 2.38. The second kappa shape index (κ2) is 6.78. The summed E-state index contributed by atoms with van der Waals surface area (Å²) in [4.78, 5) is 28.0. The first kappa shape index (κ1) is 17.9. The molecule has 1 aliphatic heterocycles. The maximum atomic E-state index is 12.6. The van der Waals surface area contributed by atoms with E-state index in [9.17, 15) is 9.59 Å². The largest absolute Gasteiger partial charge is 0.446 e. The molecule has 2 heterocycles. The predicted octanol–water partition coefficient (Wildman–Crippen LogP) is 2.59. The minimum atomic E-state index is -0.424. The highest BCUT2D eigenvalue weighted by atomic mass is 16.6. The van der Waals surface area contributed by atoms with Gasteiger partial charge < -0.3 is 9.64 Å². The Hall–Kier alpha value is -2.90. The van der Waals surface area contributed by atoms with Gasteiger partial charge in [-0.3, -0.25) is 14.4 Å². The summed E-state index contributed by atoms with van der Waals surface area (Å²) in [6.07, 6.45) is 1.15. The number of anilines is 2. The number of fused-ring (bicyclic) bond motifs is 1. The molecule has 2 aromatic rings. The van der Waals surface area contributed by atoms with Gasteiger partial charge in [0, 0.05) is 26.1 Å². The average Bonchev–Trinajstić information content (AvgIpc) is 2.99. The van der Waals surface area contributed by atoms with Crippen molar-refractivity contribution in [3.63, 3.8) is 0 Å². The maximum Gasteiger partial charge on any atom is 0.414 e. The monoisotopic (exact) mass is 357 g/mol. The first-order chi connectivity index (χ1) is 12.3. The Labute approximate surface area is 152 Å². The van der Waals surface area contributed by atoms with Crippen LogP contribution in [0.2, 0.25) is 0 Å². The molecular formula is C18H23N5O3. The fraction of sp³-hybridized carbons (Fsp3) is 0.444. The average molecular weight is 357 g/mol. The summed E-state index contributed by atoms with van der Waals surface area (Å²) in [5, 5.41) is 8.07. The molecular weight excluding hydrogens is 334 g/mol. The number of hydrogen-bond donors (Lipinski definition) is 0. The summed E-state index contributed by atoms with van der Waals surface area (Å²) in [5.41, 5.74) is 2.83. The number of nitrogens with zero attached hydrogens (tertiary/aromatic N) is 5. The van der Waals surface area contributed by atoms with Gasteiger partial charge >= 0.3 is 6.09 Å². The van der Waals surface area contributed by atoms with Crippen molar-refractivity contribution in [1.82, 2.24) is 15.0 Å². The summed E-state index contributed by atoms with van der Waals surface area (Å²) >= 11 is 0. The van der Waals surface area contributed by atoms with E-state index in [2.05, 4.69) is 10.3 Å². The van der Waals surface area contributed by atoms with Crippen LogP contribution in [0.15, 0.2) is 24.4 Å². The Bertz CT molecular complexity index is 845. The topological polar surface area (TPSA) is 80.6 Å². The maximum absolute atomic E-state index is 12.6. The fourth-order valence-corrected chi connectivity index (χ4v) is 3.18. The first-order valence-electron chi connectivity index (χ1n) is 8.56.